The molecule has 0 bridgehead atoms. The van der Waals surface area contributed by atoms with E-state index in [-0.39, 0.29) is 17.9 Å². The third kappa shape index (κ3) is 2.66. The van der Waals surface area contributed by atoms with Crippen LogP contribution < -0.4 is 5.32 Å². The normalized spacial score (nSPS) is 27.9. The summed E-state index contributed by atoms with van der Waals surface area (Å²) < 4.78 is 0. The summed E-state index contributed by atoms with van der Waals surface area (Å²) in [7, 11) is 0. The zero-order chi connectivity index (χ0) is 13.8. The lowest BCUT2D eigenvalue weighted by Gasteiger charge is -2.44. The Bertz CT molecular complexity index is 372. The van der Waals surface area contributed by atoms with Gasteiger partial charge < -0.3 is 10.2 Å². The lowest BCUT2D eigenvalue weighted by Crippen LogP contribution is -2.68. The van der Waals surface area contributed by atoms with Crippen LogP contribution in [-0.2, 0) is 9.59 Å². The van der Waals surface area contributed by atoms with E-state index in [0.29, 0.717) is 25.8 Å². The van der Waals surface area contributed by atoms with Crippen molar-refractivity contribution in [1.29, 1.82) is 0 Å². The summed E-state index contributed by atoms with van der Waals surface area (Å²) in [6.45, 7) is 6.17. The maximum absolute atomic E-state index is 12.4. The number of carbonyl (C=O) groups excluding carboxylic acids is 2. The number of carbonyl (C=O) groups is 2. The van der Waals surface area contributed by atoms with Gasteiger partial charge in [-0.25, -0.2) is 0 Å². The lowest BCUT2D eigenvalue weighted by molar-refractivity contribution is -0.154. The summed E-state index contributed by atoms with van der Waals surface area (Å²) in [5, 5.41) is 2.84. The predicted molar refractivity (Wildman–Crippen MR) is 70.7 cm³/mol. The lowest BCUT2D eigenvalue weighted by atomic mass is 9.91. The van der Waals surface area contributed by atoms with Gasteiger partial charge in [-0.15, -0.1) is 12.3 Å². The van der Waals surface area contributed by atoms with Crippen molar-refractivity contribution in [2.75, 3.05) is 6.54 Å². The van der Waals surface area contributed by atoms with E-state index in [4.69, 9.17) is 6.42 Å². The average Bonchev–Trinajstić information content (AvgIpc) is 2.35. The van der Waals surface area contributed by atoms with Crippen LogP contribution in [0.25, 0.3) is 0 Å². The molecule has 1 saturated heterocycles. The second-order valence-corrected chi connectivity index (χ2v) is 4.91. The van der Waals surface area contributed by atoms with Gasteiger partial charge in [0, 0.05) is 13.0 Å². The Morgan fingerprint density at radius 2 is 2.11 bits per heavy atom. The highest BCUT2D eigenvalue weighted by Gasteiger charge is 2.45. The Hall–Kier alpha value is -1.50. The van der Waals surface area contributed by atoms with Gasteiger partial charge in [0.1, 0.15) is 11.6 Å². The van der Waals surface area contributed by atoms with Gasteiger partial charge >= 0.3 is 0 Å². The molecule has 2 unspecified atom stereocenters. The smallest absolute Gasteiger partial charge is 0.248 e. The molecule has 0 aromatic carbocycles. The molecular formula is C14H22N2O2. The van der Waals surface area contributed by atoms with Gasteiger partial charge in [0.25, 0.3) is 0 Å². The molecule has 0 aliphatic carbocycles. The molecule has 18 heavy (non-hydrogen) atoms. The van der Waals surface area contributed by atoms with Gasteiger partial charge in [-0.2, -0.15) is 0 Å². The summed E-state index contributed by atoms with van der Waals surface area (Å²) in [6, 6.07) is -0.352. The Morgan fingerprint density at radius 3 is 2.61 bits per heavy atom. The van der Waals surface area contributed by atoms with Crippen molar-refractivity contribution in [3.63, 3.8) is 0 Å². The fraction of sp³-hybridized carbons (Fsp3) is 0.714. The topological polar surface area (TPSA) is 49.4 Å². The van der Waals surface area contributed by atoms with Gasteiger partial charge in [0.2, 0.25) is 11.8 Å². The monoisotopic (exact) mass is 250 g/mol. The summed E-state index contributed by atoms with van der Waals surface area (Å²) in [4.78, 5) is 26.2. The van der Waals surface area contributed by atoms with Crippen molar-refractivity contribution in [1.82, 2.24) is 10.2 Å². The summed E-state index contributed by atoms with van der Waals surface area (Å²) in [5.41, 5.74) is -0.765. The molecule has 2 amide bonds. The standard InChI is InChI=1S/C14H22N2O2/c1-5-8-9-10-16-11(6-2)12(17)15-14(4,7-3)13(16)18/h1,11H,6-10H2,2-4H3,(H,15,17). The number of nitrogens with one attached hydrogen (secondary N) is 1. The molecule has 1 heterocycles. The van der Waals surface area contributed by atoms with Crippen LogP contribution in [0.1, 0.15) is 46.5 Å². The molecule has 4 nitrogen and oxygen atoms in total. The van der Waals surface area contributed by atoms with Crippen LogP contribution in [0.4, 0.5) is 0 Å². The Morgan fingerprint density at radius 1 is 1.44 bits per heavy atom. The Labute approximate surface area is 109 Å². The van der Waals surface area contributed by atoms with Crippen LogP contribution in [0.2, 0.25) is 0 Å². The zero-order valence-corrected chi connectivity index (χ0v) is 11.5. The van der Waals surface area contributed by atoms with Crippen molar-refractivity contribution in [2.24, 2.45) is 0 Å². The summed E-state index contributed by atoms with van der Waals surface area (Å²) in [6.07, 6.45) is 7.82. The van der Waals surface area contributed by atoms with Crippen molar-refractivity contribution in [2.45, 2.75) is 58.0 Å². The van der Waals surface area contributed by atoms with Gasteiger partial charge in [-0.1, -0.05) is 13.8 Å². The maximum atomic E-state index is 12.4. The minimum Gasteiger partial charge on any atom is -0.340 e. The van der Waals surface area contributed by atoms with Crippen molar-refractivity contribution < 1.29 is 9.59 Å². The van der Waals surface area contributed by atoms with E-state index >= 15 is 0 Å². The van der Waals surface area contributed by atoms with Crippen LogP contribution in [0.3, 0.4) is 0 Å². The Balaban J connectivity index is 2.88. The minimum absolute atomic E-state index is 0.00784. The fourth-order valence-corrected chi connectivity index (χ4v) is 2.26. The van der Waals surface area contributed by atoms with Crippen LogP contribution >= 0.6 is 0 Å². The number of amides is 2. The molecule has 0 saturated carbocycles. The van der Waals surface area contributed by atoms with Gasteiger partial charge in [-0.3, -0.25) is 9.59 Å². The second kappa shape index (κ2) is 5.90. The Kier molecular flexibility index (Phi) is 4.77. The van der Waals surface area contributed by atoms with Crippen molar-refractivity contribution >= 4 is 11.8 Å². The quantitative estimate of drug-likeness (QED) is 0.590. The van der Waals surface area contributed by atoms with Crippen LogP contribution in [0.15, 0.2) is 0 Å². The molecule has 1 aliphatic rings. The molecular weight excluding hydrogens is 228 g/mol. The van der Waals surface area contributed by atoms with Crippen molar-refractivity contribution in [3.8, 4) is 12.3 Å². The van der Waals surface area contributed by atoms with E-state index in [1.807, 2.05) is 13.8 Å². The molecule has 1 rings (SSSR count). The SMILES string of the molecule is C#CCCCN1C(=O)C(C)(CC)NC(=O)C1CC. The molecule has 4 heteroatoms. The van der Waals surface area contributed by atoms with Crippen LogP contribution in [-0.4, -0.2) is 34.8 Å². The van der Waals surface area contributed by atoms with E-state index in [1.54, 1.807) is 11.8 Å². The largest absolute Gasteiger partial charge is 0.340 e. The number of nitrogens with zero attached hydrogens (tertiary/aromatic N) is 1. The molecule has 1 N–H and O–H groups in total. The maximum Gasteiger partial charge on any atom is 0.248 e. The minimum atomic E-state index is -0.765. The van der Waals surface area contributed by atoms with Crippen LogP contribution in [0.5, 0.6) is 0 Å². The zero-order valence-electron chi connectivity index (χ0n) is 11.5. The van der Waals surface area contributed by atoms with E-state index in [1.165, 1.54) is 0 Å². The number of piperazine rings is 1. The molecule has 1 aliphatic heterocycles. The third-order valence-corrected chi connectivity index (χ3v) is 3.62. The fourth-order valence-electron chi connectivity index (χ4n) is 2.26. The van der Waals surface area contributed by atoms with E-state index in [0.717, 1.165) is 6.42 Å². The van der Waals surface area contributed by atoms with Crippen LogP contribution in [0, 0.1) is 12.3 Å². The van der Waals surface area contributed by atoms with Gasteiger partial charge in [-0.05, 0) is 26.2 Å². The summed E-state index contributed by atoms with van der Waals surface area (Å²) >= 11 is 0. The van der Waals surface area contributed by atoms with E-state index in [2.05, 4.69) is 11.2 Å². The molecule has 0 aromatic heterocycles. The van der Waals surface area contributed by atoms with Gasteiger partial charge in [0.05, 0.1) is 0 Å². The van der Waals surface area contributed by atoms with E-state index in [9.17, 15) is 9.59 Å². The third-order valence-electron chi connectivity index (χ3n) is 3.62. The summed E-state index contributed by atoms with van der Waals surface area (Å²) in [5.74, 6) is 2.52. The first-order valence-electron chi connectivity index (χ1n) is 6.56. The molecule has 1 fully saturated rings. The highest BCUT2D eigenvalue weighted by molar-refractivity contribution is 5.99. The first-order chi connectivity index (χ1) is 8.50. The van der Waals surface area contributed by atoms with E-state index < -0.39 is 5.54 Å². The first kappa shape index (κ1) is 14.6. The average molecular weight is 250 g/mol. The molecule has 0 radical (unpaired) electrons. The number of terminal acetylenes is 1. The second-order valence-electron chi connectivity index (χ2n) is 4.91. The predicted octanol–water partition coefficient (Wildman–Crippen LogP) is 1.31. The molecule has 0 aromatic rings. The number of unbranched alkanes of at least 4 members (excludes halogenated alkanes) is 1. The molecule has 2 atom stereocenters. The first-order valence-corrected chi connectivity index (χ1v) is 6.56. The number of hydrogen-bond donors (Lipinski definition) is 1. The highest BCUT2D eigenvalue weighted by Crippen LogP contribution is 2.23. The van der Waals surface area contributed by atoms with Crippen molar-refractivity contribution in [3.05, 3.63) is 0 Å². The highest BCUT2D eigenvalue weighted by atomic mass is 16.2. The number of hydrogen-bond acceptors (Lipinski definition) is 2. The molecule has 100 valence electrons. The number of rotatable bonds is 5. The van der Waals surface area contributed by atoms with Gasteiger partial charge in [0.15, 0.2) is 0 Å². The molecule has 0 spiro atoms.